The van der Waals surface area contributed by atoms with E-state index in [1.165, 1.54) is 11.1 Å². The Hall–Kier alpha value is -1.10. The first kappa shape index (κ1) is 19.9. The predicted octanol–water partition coefficient (Wildman–Crippen LogP) is 3.11. The number of carbonyl (C=O) groups excluding carboxylic acids is 1. The highest BCUT2D eigenvalue weighted by Crippen LogP contribution is 2.29. The summed E-state index contributed by atoms with van der Waals surface area (Å²) in [5.41, 5.74) is 9.52. The van der Waals surface area contributed by atoms with Gasteiger partial charge in [0.2, 0.25) is 5.91 Å². The molecule has 0 spiro atoms. The summed E-state index contributed by atoms with van der Waals surface area (Å²) in [6, 6.07) is 6.09. The summed E-state index contributed by atoms with van der Waals surface area (Å²) in [7, 11) is 0. The van der Waals surface area contributed by atoms with Crippen LogP contribution < -0.4 is 11.1 Å². The quantitative estimate of drug-likeness (QED) is 0.889. The Morgan fingerprint density at radius 3 is 2.57 bits per heavy atom. The number of benzene rings is 1. The summed E-state index contributed by atoms with van der Waals surface area (Å²) in [6.45, 7) is 12.2. The molecule has 23 heavy (non-hydrogen) atoms. The Bertz CT molecular complexity index is 559. The standard InChI is InChI=1S/C18H29N3O.ClH/c1-12-6-7-15(10-13(12)2)20-17(22)14(3)21-9-8-16(19)18(4,5)11-21;/h6-7,10,14,16H,8-9,11,19H2,1-5H3,(H,20,22);1H. The van der Waals surface area contributed by atoms with Crippen molar-refractivity contribution in [3.05, 3.63) is 29.3 Å². The fourth-order valence-corrected chi connectivity index (χ4v) is 2.98. The minimum atomic E-state index is -0.145. The Kier molecular flexibility index (Phi) is 6.63. The van der Waals surface area contributed by atoms with Gasteiger partial charge in [0, 0.05) is 24.8 Å². The van der Waals surface area contributed by atoms with Crippen molar-refractivity contribution in [1.82, 2.24) is 4.90 Å². The predicted molar refractivity (Wildman–Crippen MR) is 99.2 cm³/mol. The van der Waals surface area contributed by atoms with Crippen LogP contribution in [-0.2, 0) is 4.79 Å². The maximum Gasteiger partial charge on any atom is 0.241 e. The van der Waals surface area contributed by atoms with Crippen molar-refractivity contribution in [3.8, 4) is 0 Å². The van der Waals surface area contributed by atoms with E-state index >= 15 is 0 Å². The fourth-order valence-electron chi connectivity index (χ4n) is 2.98. The van der Waals surface area contributed by atoms with E-state index in [-0.39, 0.29) is 35.8 Å². The maximum absolute atomic E-state index is 12.5. The Morgan fingerprint density at radius 1 is 1.35 bits per heavy atom. The molecule has 5 heteroatoms. The molecule has 1 fully saturated rings. The van der Waals surface area contributed by atoms with E-state index < -0.39 is 0 Å². The second-order valence-electron chi connectivity index (χ2n) is 7.32. The average Bonchev–Trinajstić information content (AvgIpc) is 2.45. The molecular formula is C18H30ClN3O. The van der Waals surface area contributed by atoms with Crippen LogP contribution in [0.25, 0.3) is 0 Å². The highest BCUT2D eigenvalue weighted by atomic mass is 35.5. The van der Waals surface area contributed by atoms with Crippen molar-refractivity contribution in [3.63, 3.8) is 0 Å². The Labute approximate surface area is 146 Å². The number of hydrogen-bond acceptors (Lipinski definition) is 3. The summed E-state index contributed by atoms with van der Waals surface area (Å²) in [6.07, 6.45) is 0.939. The van der Waals surface area contributed by atoms with Crippen LogP contribution in [0.3, 0.4) is 0 Å². The van der Waals surface area contributed by atoms with Crippen molar-refractivity contribution in [2.75, 3.05) is 18.4 Å². The van der Waals surface area contributed by atoms with Crippen molar-refractivity contribution in [2.45, 2.75) is 53.1 Å². The van der Waals surface area contributed by atoms with Crippen LogP contribution in [-0.4, -0.2) is 36.0 Å². The minimum Gasteiger partial charge on any atom is -0.327 e. The smallest absolute Gasteiger partial charge is 0.241 e. The largest absolute Gasteiger partial charge is 0.327 e. The third kappa shape index (κ3) is 4.69. The van der Waals surface area contributed by atoms with Crippen LogP contribution in [0.2, 0.25) is 0 Å². The van der Waals surface area contributed by atoms with Crippen molar-refractivity contribution < 1.29 is 4.79 Å². The number of nitrogens with two attached hydrogens (primary N) is 1. The average molecular weight is 340 g/mol. The summed E-state index contributed by atoms with van der Waals surface area (Å²) >= 11 is 0. The summed E-state index contributed by atoms with van der Waals surface area (Å²) in [5, 5.41) is 3.03. The number of halogens is 1. The third-order valence-corrected chi connectivity index (χ3v) is 5.04. The number of nitrogens with one attached hydrogen (secondary N) is 1. The third-order valence-electron chi connectivity index (χ3n) is 5.04. The fraction of sp³-hybridized carbons (Fsp3) is 0.611. The van der Waals surface area contributed by atoms with Crippen LogP contribution in [0.5, 0.6) is 0 Å². The summed E-state index contributed by atoms with van der Waals surface area (Å²) < 4.78 is 0. The van der Waals surface area contributed by atoms with E-state index in [4.69, 9.17) is 5.73 Å². The van der Waals surface area contributed by atoms with E-state index in [9.17, 15) is 4.79 Å². The number of nitrogens with zero attached hydrogens (tertiary/aromatic N) is 1. The van der Waals surface area contributed by atoms with Gasteiger partial charge in [-0.3, -0.25) is 9.69 Å². The van der Waals surface area contributed by atoms with Gasteiger partial charge < -0.3 is 11.1 Å². The lowest BCUT2D eigenvalue weighted by molar-refractivity contribution is -0.122. The minimum absolute atomic E-state index is 0. The molecule has 0 radical (unpaired) electrons. The lowest BCUT2D eigenvalue weighted by atomic mass is 9.79. The number of piperidine rings is 1. The molecule has 1 aliphatic heterocycles. The van der Waals surface area contributed by atoms with Crippen molar-refractivity contribution in [2.24, 2.45) is 11.1 Å². The van der Waals surface area contributed by atoms with Gasteiger partial charge in [-0.05, 0) is 55.9 Å². The molecule has 2 atom stereocenters. The van der Waals surface area contributed by atoms with Crippen LogP contribution in [0.4, 0.5) is 5.69 Å². The number of anilines is 1. The van der Waals surface area contributed by atoms with Gasteiger partial charge in [-0.15, -0.1) is 12.4 Å². The summed E-state index contributed by atoms with van der Waals surface area (Å²) in [4.78, 5) is 14.8. The van der Waals surface area contributed by atoms with Gasteiger partial charge >= 0.3 is 0 Å². The zero-order chi connectivity index (χ0) is 16.5. The zero-order valence-corrected chi connectivity index (χ0v) is 15.7. The molecule has 4 nitrogen and oxygen atoms in total. The number of carbonyl (C=O) groups is 1. The number of hydrogen-bond donors (Lipinski definition) is 2. The van der Waals surface area contributed by atoms with E-state index in [1.54, 1.807) is 0 Å². The monoisotopic (exact) mass is 339 g/mol. The molecule has 1 aliphatic rings. The molecule has 1 amide bonds. The van der Waals surface area contributed by atoms with Crippen LogP contribution in [0, 0.1) is 19.3 Å². The van der Waals surface area contributed by atoms with Crippen LogP contribution in [0.1, 0.15) is 38.3 Å². The Morgan fingerprint density at radius 2 is 2.00 bits per heavy atom. The molecule has 1 heterocycles. The molecule has 1 aromatic rings. The lowest BCUT2D eigenvalue weighted by Gasteiger charge is -2.44. The Balaban J connectivity index is 0.00000264. The maximum atomic E-state index is 12.5. The molecule has 1 aromatic carbocycles. The number of rotatable bonds is 3. The molecule has 0 saturated carbocycles. The first-order valence-corrected chi connectivity index (χ1v) is 8.08. The molecule has 0 aromatic heterocycles. The first-order chi connectivity index (χ1) is 10.2. The van der Waals surface area contributed by atoms with Gasteiger partial charge in [-0.2, -0.15) is 0 Å². The molecule has 3 N–H and O–H groups in total. The van der Waals surface area contributed by atoms with E-state index in [1.807, 2.05) is 25.1 Å². The van der Waals surface area contributed by atoms with Gasteiger partial charge in [-0.1, -0.05) is 19.9 Å². The van der Waals surface area contributed by atoms with E-state index in [0.29, 0.717) is 0 Å². The van der Waals surface area contributed by atoms with Gasteiger partial charge in [0.05, 0.1) is 6.04 Å². The molecule has 2 rings (SSSR count). The van der Waals surface area contributed by atoms with Crippen LogP contribution in [0.15, 0.2) is 18.2 Å². The molecule has 1 saturated heterocycles. The van der Waals surface area contributed by atoms with Crippen molar-refractivity contribution in [1.29, 1.82) is 0 Å². The molecule has 0 aliphatic carbocycles. The van der Waals surface area contributed by atoms with E-state index in [0.717, 1.165) is 25.2 Å². The molecule has 0 bridgehead atoms. The zero-order valence-electron chi connectivity index (χ0n) is 14.8. The lowest BCUT2D eigenvalue weighted by Crippen LogP contribution is -2.56. The number of likely N-dealkylation sites (tertiary alicyclic amines) is 1. The van der Waals surface area contributed by atoms with Gasteiger partial charge in [0.15, 0.2) is 0 Å². The van der Waals surface area contributed by atoms with Crippen LogP contribution >= 0.6 is 12.4 Å². The normalized spacial score (nSPS) is 22.1. The van der Waals surface area contributed by atoms with Gasteiger partial charge in [0.25, 0.3) is 0 Å². The second-order valence-corrected chi connectivity index (χ2v) is 7.32. The topological polar surface area (TPSA) is 58.4 Å². The molecule has 2 unspecified atom stereocenters. The van der Waals surface area contributed by atoms with Gasteiger partial charge in [0.1, 0.15) is 0 Å². The first-order valence-electron chi connectivity index (χ1n) is 8.08. The SMILES string of the molecule is Cc1ccc(NC(=O)C(C)N2CCC(N)C(C)(C)C2)cc1C.Cl. The van der Waals surface area contributed by atoms with Gasteiger partial charge in [-0.25, -0.2) is 0 Å². The molecule has 130 valence electrons. The number of amides is 1. The van der Waals surface area contributed by atoms with E-state index in [2.05, 4.69) is 37.9 Å². The summed E-state index contributed by atoms with van der Waals surface area (Å²) in [5.74, 6) is 0.0505. The molecular weight excluding hydrogens is 310 g/mol. The highest BCUT2D eigenvalue weighted by molar-refractivity contribution is 5.94. The number of aryl methyl sites for hydroxylation is 2. The van der Waals surface area contributed by atoms with Crippen molar-refractivity contribution >= 4 is 24.0 Å². The second kappa shape index (κ2) is 7.65. The highest BCUT2D eigenvalue weighted by Gasteiger charge is 2.36.